The van der Waals surface area contributed by atoms with E-state index < -0.39 is 0 Å². The molecule has 1 aliphatic rings. The van der Waals surface area contributed by atoms with E-state index in [0.29, 0.717) is 6.54 Å². The van der Waals surface area contributed by atoms with Crippen molar-refractivity contribution in [3.05, 3.63) is 23.9 Å². The summed E-state index contributed by atoms with van der Waals surface area (Å²) in [6, 6.07) is 5.88. The molecule has 5 nitrogen and oxygen atoms in total. The SMILES string of the molecule is CN(C)c1cc(CN)nc2cc3c(cc12)OCO3. The Hall–Kier alpha value is -2.01. The van der Waals surface area contributed by atoms with Crippen molar-refractivity contribution < 1.29 is 9.47 Å². The summed E-state index contributed by atoms with van der Waals surface area (Å²) in [5.74, 6) is 1.52. The van der Waals surface area contributed by atoms with Crippen molar-refractivity contribution >= 4 is 16.6 Å². The Morgan fingerprint density at radius 1 is 1.22 bits per heavy atom. The van der Waals surface area contributed by atoms with E-state index in [-0.39, 0.29) is 6.79 Å². The first kappa shape index (κ1) is 11.1. The van der Waals surface area contributed by atoms with Gasteiger partial charge in [0, 0.05) is 37.8 Å². The van der Waals surface area contributed by atoms with Gasteiger partial charge in [0.2, 0.25) is 6.79 Å². The first-order chi connectivity index (χ1) is 8.69. The van der Waals surface area contributed by atoms with Gasteiger partial charge in [-0.1, -0.05) is 0 Å². The summed E-state index contributed by atoms with van der Waals surface area (Å²) in [6.45, 7) is 0.692. The second-order valence-corrected chi connectivity index (χ2v) is 4.45. The molecule has 2 N–H and O–H groups in total. The summed E-state index contributed by atoms with van der Waals surface area (Å²) < 4.78 is 10.8. The van der Waals surface area contributed by atoms with Crippen molar-refractivity contribution in [2.45, 2.75) is 6.54 Å². The maximum Gasteiger partial charge on any atom is 0.231 e. The molecular weight excluding hydrogens is 230 g/mol. The van der Waals surface area contributed by atoms with Crippen molar-refractivity contribution in [2.75, 3.05) is 25.8 Å². The van der Waals surface area contributed by atoms with Crippen LogP contribution in [0.4, 0.5) is 5.69 Å². The number of benzene rings is 1. The van der Waals surface area contributed by atoms with Crippen LogP contribution < -0.4 is 20.1 Å². The predicted octanol–water partition coefficient (Wildman–Crippen LogP) is 1.49. The van der Waals surface area contributed by atoms with Gasteiger partial charge in [0.15, 0.2) is 11.5 Å². The van der Waals surface area contributed by atoms with Gasteiger partial charge in [-0.3, -0.25) is 4.98 Å². The Morgan fingerprint density at radius 2 is 1.94 bits per heavy atom. The highest BCUT2D eigenvalue weighted by Gasteiger charge is 2.17. The summed E-state index contributed by atoms with van der Waals surface area (Å²) in [6.07, 6.45) is 0. The normalized spacial score (nSPS) is 13.1. The van der Waals surface area contributed by atoms with E-state index in [0.717, 1.165) is 33.8 Å². The topological polar surface area (TPSA) is 60.6 Å². The van der Waals surface area contributed by atoms with Gasteiger partial charge in [-0.25, -0.2) is 0 Å². The van der Waals surface area contributed by atoms with Gasteiger partial charge < -0.3 is 20.1 Å². The fraction of sp³-hybridized carbons (Fsp3) is 0.308. The molecule has 1 aliphatic heterocycles. The number of ether oxygens (including phenoxy) is 2. The van der Waals surface area contributed by atoms with E-state index in [2.05, 4.69) is 4.98 Å². The zero-order valence-corrected chi connectivity index (χ0v) is 10.4. The van der Waals surface area contributed by atoms with Crippen LogP contribution in [-0.4, -0.2) is 25.9 Å². The second-order valence-electron chi connectivity index (χ2n) is 4.45. The van der Waals surface area contributed by atoms with Gasteiger partial charge in [0.05, 0.1) is 11.2 Å². The Bertz CT molecular complexity index is 611. The van der Waals surface area contributed by atoms with Crippen LogP contribution in [0.15, 0.2) is 18.2 Å². The van der Waals surface area contributed by atoms with E-state index in [1.165, 1.54) is 0 Å². The van der Waals surface area contributed by atoms with Crippen LogP contribution in [0.5, 0.6) is 11.5 Å². The highest BCUT2D eigenvalue weighted by atomic mass is 16.7. The van der Waals surface area contributed by atoms with Gasteiger partial charge in [0.25, 0.3) is 0 Å². The standard InChI is InChI=1S/C13H15N3O2/c1-16(2)11-3-8(6-14)15-10-5-13-12(4-9(10)11)17-7-18-13/h3-5H,6-7,14H2,1-2H3. The molecule has 3 rings (SSSR count). The molecule has 1 aromatic heterocycles. The highest BCUT2D eigenvalue weighted by molar-refractivity contribution is 5.94. The molecule has 5 heteroatoms. The molecule has 0 aliphatic carbocycles. The van der Waals surface area contributed by atoms with Crippen LogP contribution in [0, 0.1) is 0 Å². The monoisotopic (exact) mass is 245 g/mol. The van der Waals surface area contributed by atoms with Crippen molar-refractivity contribution in [1.29, 1.82) is 0 Å². The quantitative estimate of drug-likeness (QED) is 0.868. The Kier molecular flexibility index (Phi) is 2.48. The van der Waals surface area contributed by atoms with E-state index in [4.69, 9.17) is 15.2 Å². The number of pyridine rings is 1. The minimum atomic E-state index is 0.271. The van der Waals surface area contributed by atoms with Gasteiger partial charge in [0.1, 0.15) is 0 Å². The summed E-state index contributed by atoms with van der Waals surface area (Å²) in [7, 11) is 4.00. The number of hydrogen-bond acceptors (Lipinski definition) is 5. The van der Waals surface area contributed by atoms with Gasteiger partial charge in [-0.15, -0.1) is 0 Å². The van der Waals surface area contributed by atoms with Gasteiger partial charge in [-0.2, -0.15) is 0 Å². The zero-order chi connectivity index (χ0) is 12.7. The molecule has 94 valence electrons. The lowest BCUT2D eigenvalue weighted by atomic mass is 10.1. The lowest BCUT2D eigenvalue weighted by Crippen LogP contribution is -2.11. The van der Waals surface area contributed by atoms with Crippen LogP contribution in [0.1, 0.15) is 5.69 Å². The van der Waals surface area contributed by atoms with Crippen molar-refractivity contribution in [2.24, 2.45) is 5.73 Å². The summed E-state index contributed by atoms with van der Waals surface area (Å²) in [4.78, 5) is 6.57. The van der Waals surface area contributed by atoms with Gasteiger partial charge >= 0.3 is 0 Å². The number of nitrogens with zero attached hydrogens (tertiary/aromatic N) is 2. The molecule has 2 aromatic rings. The first-order valence-corrected chi connectivity index (χ1v) is 5.79. The van der Waals surface area contributed by atoms with Crippen LogP contribution in [-0.2, 0) is 6.54 Å². The molecule has 0 bridgehead atoms. The summed E-state index contributed by atoms with van der Waals surface area (Å²) in [5, 5.41) is 1.04. The molecule has 2 heterocycles. The van der Waals surface area contributed by atoms with Crippen LogP contribution >= 0.6 is 0 Å². The molecule has 0 spiro atoms. The third-order valence-corrected chi connectivity index (χ3v) is 3.03. The van der Waals surface area contributed by atoms with Crippen molar-refractivity contribution in [1.82, 2.24) is 4.98 Å². The zero-order valence-electron chi connectivity index (χ0n) is 10.4. The maximum absolute atomic E-state index is 5.69. The van der Waals surface area contributed by atoms with Crippen LogP contribution in [0.3, 0.4) is 0 Å². The number of hydrogen-bond donors (Lipinski definition) is 1. The summed E-state index contributed by atoms with van der Waals surface area (Å²) in [5.41, 5.74) is 8.51. The van der Waals surface area contributed by atoms with E-state index in [9.17, 15) is 0 Å². The van der Waals surface area contributed by atoms with E-state index in [1.54, 1.807) is 0 Å². The molecule has 0 fully saturated rings. The minimum Gasteiger partial charge on any atom is -0.454 e. The molecule has 0 radical (unpaired) electrons. The van der Waals surface area contributed by atoms with Crippen molar-refractivity contribution in [3.63, 3.8) is 0 Å². The number of nitrogens with two attached hydrogens (primary N) is 1. The van der Waals surface area contributed by atoms with Crippen molar-refractivity contribution in [3.8, 4) is 11.5 Å². The van der Waals surface area contributed by atoms with Gasteiger partial charge in [-0.05, 0) is 12.1 Å². The third kappa shape index (κ3) is 1.64. The van der Waals surface area contributed by atoms with Crippen LogP contribution in [0.2, 0.25) is 0 Å². The third-order valence-electron chi connectivity index (χ3n) is 3.03. The molecule has 0 unspecified atom stereocenters. The maximum atomic E-state index is 5.69. The lowest BCUT2D eigenvalue weighted by Gasteiger charge is -2.16. The van der Waals surface area contributed by atoms with Crippen LogP contribution in [0.25, 0.3) is 10.9 Å². The molecular formula is C13H15N3O2. The second kappa shape index (κ2) is 4.03. The van der Waals surface area contributed by atoms with E-state index >= 15 is 0 Å². The number of rotatable bonds is 2. The fourth-order valence-electron chi connectivity index (χ4n) is 2.13. The number of fused-ring (bicyclic) bond motifs is 2. The first-order valence-electron chi connectivity index (χ1n) is 5.79. The lowest BCUT2D eigenvalue weighted by molar-refractivity contribution is 0.174. The molecule has 0 saturated heterocycles. The highest BCUT2D eigenvalue weighted by Crippen LogP contribution is 2.38. The smallest absolute Gasteiger partial charge is 0.231 e. The molecule has 0 atom stereocenters. The molecule has 0 amide bonds. The largest absolute Gasteiger partial charge is 0.454 e. The Balaban J connectivity index is 2.30. The molecule has 18 heavy (non-hydrogen) atoms. The predicted molar refractivity (Wildman–Crippen MR) is 70.1 cm³/mol. The number of aromatic nitrogens is 1. The Labute approximate surface area is 105 Å². The Morgan fingerprint density at radius 3 is 2.61 bits per heavy atom. The average molecular weight is 245 g/mol. The summed E-state index contributed by atoms with van der Waals surface area (Å²) >= 11 is 0. The molecule has 0 saturated carbocycles. The number of anilines is 1. The minimum absolute atomic E-state index is 0.271. The molecule has 1 aromatic carbocycles. The van der Waals surface area contributed by atoms with E-state index in [1.807, 2.05) is 37.2 Å². The fourth-order valence-corrected chi connectivity index (χ4v) is 2.13. The average Bonchev–Trinajstić information content (AvgIpc) is 2.81.